The molecule has 30 heavy (non-hydrogen) atoms. The first-order valence-corrected chi connectivity index (χ1v) is 9.50. The van der Waals surface area contributed by atoms with Crippen molar-refractivity contribution in [2.24, 2.45) is 0 Å². The van der Waals surface area contributed by atoms with Crippen LogP contribution >= 0.6 is 0 Å². The van der Waals surface area contributed by atoms with E-state index in [-0.39, 0.29) is 5.75 Å². The molecular weight excluding hydrogens is 374 g/mol. The Hall–Kier alpha value is -4.25. The molecule has 5 rings (SSSR count). The van der Waals surface area contributed by atoms with Gasteiger partial charge in [0.1, 0.15) is 5.75 Å². The van der Waals surface area contributed by atoms with Gasteiger partial charge in [-0.05, 0) is 64.7 Å². The van der Waals surface area contributed by atoms with E-state index in [1.54, 1.807) is 18.3 Å². The molecule has 0 aliphatic heterocycles. The molecule has 0 fully saturated rings. The molecule has 0 unspecified atom stereocenters. The zero-order chi connectivity index (χ0) is 20.3. The number of hydrogen-bond acceptors (Lipinski definition) is 5. The molecule has 0 saturated carbocycles. The molecule has 3 aromatic carbocycles. The largest absolute Gasteiger partial charge is 0.508 e. The summed E-state index contributed by atoms with van der Waals surface area (Å²) in [6.07, 6.45) is 3.59. The van der Waals surface area contributed by atoms with Crippen LogP contribution in [0.25, 0.3) is 45.2 Å². The Balaban J connectivity index is 1.37. The van der Waals surface area contributed by atoms with Gasteiger partial charge in [0, 0.05) is 23.5 Å². The van der Waals surface area contributed by atoms with Gasteiger partial charge in [0.15, 0.2) is 0 Å². The van der Waals surface area contributed by atoms with E-state index in [1.165, 1.54) is 0 Å². The minimum absolute atomic E-state index is 0.252. The summed E-state index contributed by atoms with van der Waals surface area (Å²) in [6, 6.07) is 26.9. The average Bonchev–Trinajstić information content (AvgIpc) is 3.31. The zero-order valence-electron chi connectivity index (χ0n) is 15.9. The monoisotopic (exact) mass is 391 g/mol. The first-order valence-electron chi connectivity index (χ1n) is 9.50. The molecular formula is C25H17N3O2. The van der Waals surface area contributed by atoms with Gasteiger partial charge in [-0.3, -0.25) is 4.98 Å². The number of nitrogens with zero attached hydrogens (tertiary/aromatic N) is 3. The maximum absolute atomic E-state index is 9.44. The van der Waals surface area contributed by atoms with Crippen LogP contribution in [0.4, 0.5) is 0 Å². The Labute approximate surface area is 173 Å². The fraction of sp³-hybridized carbons (Fsp3) is 0. The van der Waals surface area contributed by atoms with Crippen LogP contribution in [0.2, 0.25) is 0 Å². The van der Waals surface area contributed by atoms with Gasteiger partial charge in [0.2, 0.25) is 11.8 Å². The molecule has 5 aromatic rings. The molecule has 0 spiro atoms. The molecule has 0 amide bonds. The van der Waals surface area contributed by atoms with Crippen molar-refractivity contribution in [3.63, 3.8) is 0 Å². The minimum atomic E-state index is 0.252. The van der Waals surface area contributed by atoms with Gasteiger partial charge >= 0.3 is 0 Å². The second-order valence-corrected chi connectivity index (χ2v) is 6.86. The Bertz CT molecular complexity index is 1260. The van der Waals surface area contributed by atoms with Crippen molar-refractivity contribution in [3.8, 4) is 50.9 Å². The lowest BCUT2D eigenvalue weighted by molar-refractivity contribution is 0.475. The summed E-state index contributed by atoms with van der Waals surface area (Å²) < 4.78 is 5.90. The van der Waals surface area contributed by atoms with Crippen molar-refractivity contribution in [2.75, 3.05) is 0 Å². The zero-order valence-corrected chi connectivity index (χ0v) is 15.9. The number of phenols is 1. The van der Waals surface area contributed by atoms with E-state index >= 15 is 0 Å². The molecule has 0 aliphatic carbocycles. The van der Waals surface area contributed by atoms with Gasteiger partial charge in [-0.1, -0.05) is 42.5 Å². The predicted molar refractivity (Wildman–Crippen MR) is 116 cm³/mol. The molecule has 2 aromatic heterocycles. The number of hydrogen-bond donors (Lipinski definition) is 1. The highest BCUT2D eigenvalue weighted by molar-refractivity contribution is 5.69. The van der Waals surface area contributed by atoms with Crippen molar-refractivity contribution in [2.45, 2.75) is 0 Å². The van der Waals surface area contributed by atoms with Gasteiger partial charge in [0.25, 0.3) is 0 Å². The van der Waals surface area contributed by atoms with Crippen molar-refractivity contribution in [1.29, 1.82) is 0 Å². The third-order valence-corrected chi connectivity index (χ3v) is 4.88. The number of aromatic hydroxyl groups is 1. The Morgan fingerprint density at radius 1 is 0.533 bits per heavy atom. The molecule has 0 aliphatic rings. The highest BCUT2D eigenvalue weighted by atomic mass is 16.4. The van der Waals surface area contributed by atoms with Crippen molar-refractivity contribution in [1.82, 2.24) is 15.2 Å². The van der Waals surface area contributed by atoms with Crippen molar-refractivity contribution >= 4 is 0 Å². The predicted octanol–water partition coefficient (Wildman–Crippen LogP) is 5.84. The van der Waals surface area contributed by atoms with Gasteiger partial charge in [-0.2, -0.15) is 0 Å². The van der Waals surface area contributed by atoms with E-state index < -0.39 is 0 Å². The number of benzene rings is 3. The molecule has 2 heterocycles. The third kappa shape index (κ3) is 3.56. The van der Waals surface area contributed by atoms with Gasteiger partial charge in [-0.15, -0.1) is 10.2 Å². The Kier molecular flexibility index (Phi) is 4.54. The van der Waals surface area contributed by atoms with E-state index in [0.717, 1.165) is 33.4 Å². The first-order chi connectivity index (χ1) is 14.8. The lowest BCUT2D eigenvalue weighted by atomic mass is 10.0. The van der Waals surface area contributed by atoms with E-state index in [0.29, 0.717) is 11.8 Å². The Morgan fingerprint density at radius 2 is 1.00 bits per heavy atom. The summed E-state index contributed by atoms with van der Waals surface area (Å²) in [5, 5.41) is 17.8. The summed E-state index contributed by atoms with van der Waals surface area (Å²) in [4.78, 5) is 4.16. The van der Waals surface area contributed by atoms with Gasteiger partial charge < -0.3 is 9.52 Å². The SMILES string of the molecule is Oc1ccc(-c2ccc(-c3nnc(-c4ccc(-c5cccnc5)cc4)o3)cc2)cc1. The smallest absolute Gasteiger partial charge is 0.248 e. The summed E-state index contributed by atoms with van der Waals surface area (Å²) in [7, 11) is 0. The van der Waals surface area contributed by atoms with Crippen LogP contribution in [0.3, 0.4) is 0 Å². The fourth-order valence-corrected chi connectivity index (χ4v) is 3.25. The number of phenolic OH excluding ortho intramolecular Hbond substituents is 1. The molecule has 0 radical (unpaired) electrons. The lowest BCUT2D eigenvalue weighted by Gasteiger charge is -2.03. The molecule has 1 N–H and O–H groups in total. The third-order valence-electron chi connectivity index (χ3n) is 4.88. The van der Waals surface area contributed by atoms with Crippen LogP contribution in [-0.4, -0.2) is 20.3 Å². The molecule has 0 saturated heterocycles. The lowest BCUT2D eigenvalue weighted by Crippen LogP contribution is -1.81. The Morgan fingerprint density at radius 3 is 1.50 bits per heavy atom. The van der Waals surface area contributed by atoms with Gasteiger partial charge in [-0.25, -0.2) is 0 Å². The van der Waals surface area contributed by atoms with Crippen molar-refractivity contribution < 1.29 is 9.52 Å². The molecule has 0 atom stereocenters. The maximum Gasteiger partial charge on any atom is 0.248 e. The van der Waals surface area contributed by atoms with Gasteiger partial charge in [0.05, 0.1) is 0 Å². The molecule has 5 heteroatoms. The van der Waals surface area contributed by atoms with E-state index in [1.807, 2.05) is 79.0 Å². The minimum Gasteiger partial charge on any atom is -0.508 e. The molecule has 0 bridgehead atoms. The molecule has 144 valence electrons. The summed E-state index contributed by atoms with van der Waals surface area (Å²) in [5.74, 6) is 1.20. The van der Waals surface area contributed by atoms with Crippen LogP contribution in [0, 0.1) is 0 Å². The molecule has 5 nitrogen and oxygen atoms in total. The van der Waals surface area contributed by atoms with Crippen LogP contribution < -0.4 is 0 Å². The highest BCUT2D eigenvalue weighted by Crippen LogP contribution is 2.28. The average molecular weight is 391 g/mol. The second kappa shape index (κ2) is 7.64. The number of aromatic nitrogens is 3. The van der Waals surface area contributed by atoms with E-state index in [2.05, 4.69) is 15.2 Å². The fourth-order valence-electron chi connectivity index (χ4n) is 3.25. The normalized spacial score (nSPS) is 10.8. The topological polar surface area (TPSA) is 72.0 Å². The standard InChI is InChI=1S/C25H17N3O2/c29-23-13-11-18(12-14-23)17-3-7-20(8-4-17)24-27-28-25(30-24)21-9-5-19(6-10-21)22-2-1-15-26-16-22/h1-16,29H. The van der Waals surface area contributed by atoms with E-state index in [4.69, 9.17) is 4.42 Å². The van der Waals surface area contributed by atoms with Crippen LogP contribution in [0.5, 0.6) is 5.75 Å². The van der Waals surface area contributed by atoms with E-state index in [9.17, 15) is 5.11 Å². The maximum atomic E-state index is 9.44. The summed E-state index contributed by atoms with van der Waals surface area (Å²) >= 11 is 0. The summed E-state index contributed by atoms with van der Waals surface area (Å²) in [6.45, 7) is 0. The second-order valence-electron chi connectivity index (χ2n) is 6.86. The highest BCUT2D eigenvalue weighted by Gasteiger charge is 2.11. The van der Waals surface area contributed by atoms with Crippen LogP contribution in [-0.2, 0) is 0 Å². The number of rotatable bonds is 4. The van der Waals surface area contributed by atoms with Crippen LogP contribution in [0.1, 0.15) is 0 Å². The quantitative estimate of drug-likeness (QED) is 0.417. The van der Waals surface area contributed by atoms with Crippen LogP contribution in [0.15, 0.2) is 102 Å². The number of pyridine rings is 1. The van der Waals surface area contributed by atoms with Crippen molar-refractivity contribution in [3.05, 3.63) is 97.3 Å². The first kappa shape index (κ1) is 17.8. The summed E-state index contributed by atoms with van der Waals surface area (Å²) in [5.41, 5.74) is 5.93.